The molecule has 0 bridgehead atoms. The Hall–Kier alpha value is -2.24. The molecule has 0 saturated heterocycles. The number of carbonyl (C=O) groups excluding carboxylic acids is 1. The van der Waals surface area contributed by atoms with Gasteiger partial charge in [0, 0.05) is 12.1 Å². The molecule has 2 heterocycles. The zero-order valence-corrected chi connectivity index (χ0v) is 15.5. The number of quaternary nitrogens is 1. The molecule has 1 unspecified atom stereocenters. The van der Waals surface area contributed by atoms with Crippen molar-refractivity contribution < 1.29 is 9.69 Å². The summed E-state index contributed by atoms with van der Waals surface area (Å²) < 4.78 is 2.59. The van der Waals surface area contributed by atoms with E-state index in [4.69, 9.17) is 18.0 Å². The number of carbonyl (C=O) groups is 1. The van der Waals surface area contributed by atoms with Crippen LogP contribution in [-0.2, 0) is 6.67 Å². The van der Waals surface area contributed by atoms with Gasteiger partial charge >= 0.3 is 0 Å². The van der Waals surface area contributed by atoms with Crippen molar-refractivity contribution in [1.29, 1.82) is 0 Å². The van der Waals surface area contributed by atoms with Crippen molar-refractivity contribution in [2.45, 2.75) is 26.9 Å². The van der Waals surface area contributed by atoms with Crippen molar-refractivity contribution >= 4 is 23.7 Å². The van der Waals surface area contributed by atoms with Crippen LogP contribution >= 0.6 is 12.2 Å². The van der Waals surface area contributed by atoms with E-state index in [1.165, 1.54) is 16.0 Å². The van der Waals surface area contributed by atoms with Gasteiger partial charge in [-0.25, -0.2) is 0 Å². The third kappa shape index (κ3) is 3.72. The first-order chi connectivity index (χ1) is 12.0. The number of nitrogens with zero attached hydrogens (tertiary/aromatic N) is 1. The van der Waals surface area contributed by atoms with E-state index in [-0.39, 0.29) is 0 Å². The highest BCUT2D eigenvalue weighted by Crippen LogP contribution is 2.18. The van der Waals surface area contributed by atoms with Crippen LogP contribution in [0.25, 0.3) is 5.57 Å². The van der Waals surface area contributed by atoms with E-state index in [2.05, 4.69) is 30.3 Å². The average molecular weight is 354 g/mol. The van der Waals surface area contributed by atoms with E-state index in [9.17, 15) is 4.79 Å². The fourth-order valence-electron chi connectivity index (χ4n) is 3.49. The topological polar surface area (TPSA) is 52.5 Å². The summed E-state index contributed by atoms with van der Waals surface area (Å²) >= 11 is 5.54. The summed E-state index contributed by atoms with van der Waals surface area (Å²) in [6.45, 7) is 6.66. The highest BCUT2D eigenvalue weighted by molar-refractivity contribution is 7.71. The first kappa shape index (κ1) is 17.6. The van der Waals surface area contributed by atoms with Gasteiger partial charge in [0.05, 0.1) is 18.7 Å². The normalized spacial score (nSPS) is 17.2. The Labute approximate surface area is 153 Å². The standard InChI is InChI=1S/C20H23N3OS/c1-14-12-15(2)23(20(25)18(14)19(21)24)13-22-10-8-17(9-11-22)16-6-4-3-5-7-16/h3-8,12H,9-11,13H2,1-2H3,(H2,21,24)/p+1. The second-order valence-electron chi connectivity index (χ2n) is 6.65. The van der Waals surface area contributed by atoms with Crippen LogP contribution in [0.15, 0.2) is 42.5 Å². The smallest absolute Gasteiger partial charge is 0.251 e. The molecule has 0 aliphatic carbocycles. The number of aryl methyl sites for hydroxylation is 2. The van der Waals surface area contributed by atoms with Crippen molar-refractivity contribution in [2.75, 3.05) is 13.1 Å². The van der Waals surface area contributed by atoms with E-state index < -0.39 is 5.91 Å². The van der Waals surface area contributed by atoms with Gasteiger partial charge in [-0.3, -0.25) is 9.36 Å². The molecule has 1 aliphatic rings. The molecule has 0 saturated carbocycles. The summed E-state index contributed by atoms with van der Waals surface area (Å²) in [5.74, 6) is -0.448. The minimum absolute atomic E-state index is 0.448. The summed E-state index contributed by atoms with van der Waals surface area (Å²) in [6.07, 6.45) is 3.36. The number of primary amides is 1. The van der Waals surface area contributed by atoms with Crippen LogP contribution in [0.3, 0.4) is 0 Å². The third-order valence-electron chi connectivity index (χ3n) is 4.86. The third-order valence-corrected chi connectivity index (χ3v) is 5.29. The molecule has 1 aliphatic heterocycles. The van der Waals surface area contributed by atoms with Crippen molar-refractivity contribution in [2.24, 2.45) is 5.73 Å². The Bertz CT molecular complexity index is 884. The van der Waals surface area contributed by atoms with Crippen molar-refractivity contribution in [3.63, 3.8) is 0 Å². The molecule has 1 aromatic carbocycles. The number of amides is 1. The summed E-state index contributed by atoms with van der Waals surface area (Å²) in [5.41, 5.74) is 10.6. The SMILES string of the molecule is Cc1cc(C)n(C[NH+]2CC=C(c3ccccc3)CC2)c(=S)c1C(N)=O. The van der Waals surface area contributed by atoms with E-state index >= 15 is 0 Å². The van der Waals surface area contributed by atoms with Gasteiger partial charge in [-0.1, -0.05) is 42.5 Å². The van der Waals surface area contributed by atoms with Crippen molar-refractivity contribution in [3.8, 4) is 0 Å². The maximum Gasteiger partial charge on any atom is 0.251 e. The number of pyridine rings is 1. The summed E-state index contributed by atoms with van der Waals surface area (Å²) in [5, 5.41) is 0. The molecule has 25 heavy (non-hydrogen) atoms. The first-order valence-corrected chi connectivity index (χ1v) is 8.97. The molecule has 1 aromatic heterocycles. The Morgan fingerprint density at radius 3 is 2.60 bits per heavy atom. The fourth-order valence-corrected chi connectivity index (χ4v) is 3.96. The monoisotopic (exact) mass is 354 g/mol. The molecule has 0 radical (unpaired) electrons. The second-order valence-corrected chi connectivity index (χ2v) is 7.04. The Morgan fingerprint density at radius 1 is 1.28 bits per heavy atom. The number of hydrogen-bond acceptors (Lipinski definition) is 2. The largest absolute Gasteiger partial charge is 0.365 e. The number of rotatable bonds is 4. The number of nitrogens with one attached hydrogen (secondary N) is 1. The molecular formula is C20H24N3OS+. The number of nitrogens with two attached hydrogens (primary N) is 1. The molecule has 3 N–H and O–H groups in total. The maximum absolute atomic E-state index is 11.7. The molecule has 130 valence electrons. The van der Waals surface area contributed by atoms with Crippen LogP contribution in [0, 0.1) is 18.5 Å². The zero-order chi connectivity index (χ0) is 18.0. The van der Waals surface area contributed by atoms with E-state index in [0.29, 0.717) is 10.2 Å². The molecule has 0 spiro atoms. The van der Waals surface area contributed by atoms with Gasteiger partial charge in [0.15, 0.2) is 6.67 Å². The van der Waals surface area contributed by atoms with Gasteiger partial charge in [-0.2, -0.15) is 0 Å². The number of hydrogen-bond donors (Lipinski definition) is 2. The highest BCUT2D eigenvalue weighted by atomic mass is 32.1. The molecule has 0 fully saturated rings. The highest BCUT2D eigenvalue weighted by Gasteiger charge is 2.19. The van der Waals surface area contributed by atoms with Crippen LogP contribution in [0.4, 0.5) is 0 Å². The zero-order valence-electron chi connectivity index (χ0n) is 14.7. The minimum atomic E-state index is -0.448. The van der Waals surface area contributed by atoms with E-state index in [1.807, 2.05) is 30.5 Å². The fraction of sp³-hybridized carbons (Fsp3) is 0.300. The lowest BCUT2D eigenvalue weighted by atomic mass is 10.00. The van der Waals surface area contributed by atoms with Crippen LogP contribution in [-0.4, -0.2) is 23.6 Å². The predicted molar refractivity (Wildman–Crippen MR) is 103 cm³/mol. The quantitative estimate of drug-likeness (QED) is 0.828. The molecule has 1 amide bonds. The molecule has 4 nitrogen and oxygen atoms in total. The van der Waals surface area contributed by atoms with Crippen molar-refractivity contribution in [1.82, 2.24) is 4.57 Å². The van der Waals surface area contributed by atoms with Gasteiger partial charge < -0.3 is 10.6 Å². The number of aromatic nitrogens is 1. The average Bonchev–Trinajstić information content (AvgIpc) is 2.59. The van der Waals surface area contributed by atoms with E-state index in [0.717, 1.165) is 37.4 Å². The Balaban J connectivity index is 1.81. The van der Waals surface area contributed by atoms with Gasteiger partial charge in [-0.05, 0) is 42.7 Å². The van der Waals surface area contributed by atoms with Crippen LogP contribution < -0.4 is 10.6 Å². The van der Waals surface area contributed by atoms with Crippen LogP contribution in [0.5, 0.6) is 0 Å². The van der Waals surface area contributed by atoms with Crippen LogP contribution in [0.2, 0.25) is 0 Å². The summed E-state index contributed by atoms with van der Waals surface area (Å²) in [6, 6.07) is 12.5. The summed E-state index contributed by atoms with van der Waals surface area (Å²) in [7, 11) is 0. The lowest BCUT2D eigenvalue weighted by Crippen LogP contribution is -3.11. The molecule has 5 heteroatoms. The summed E-state index contributed by atoms with van der Waals surface area (Å²) in [4.78, 5) is 13.2. The van der Waals surface area contributed by atoms with E-state index in [1.54, 1.807) is 0 Å². The Morgan fingerprint density at radius 2 is 2.00 bits per heavy atom. The van der Waals surface area contributed by atoms with Gasteiger partial charge in [-0.15, -0.1) is 0 Å². The van der Waals surface area contributed by atoms with Crippen LogP contribution in [0.1, 0.15) is 33.6 Å². The molecule has 1 atom stereocenters. The van der Waals surface area contributed by atoms with Gasteiger partial charge in [0.25, 0.3) is 5.91 Å². The predicted octanol–water partition coefficient (Wildman–Crippen LogP) is 2.26. The second kappa shape index (κ2) is 7.33. The molecule has 3 rings (SSSR count). The van der Waals surface area contributed by atoms with Gasteiger partial charge in [0.1, 0.15) is 4.64 Å². The number of benzene rings is 1. The lowest BCUT2D eigenvalue weighted by molar-refractivity contribution is -0.918. The van der Waals surface area contributed by atoms with Crippen molar-refractivity contribution in [3.05, 3.63) is 69.5 Å². The molecular weight excluding hydrogens is 330 g/mol. The van der Waals surface area contributed by atoms with Gasteiger partial charge in [0.2, 0.25) is 0 Å². The maximum atomic E-state index is 11.7. The Kier molecular flexibility index (Phi) is 5.16. The minimum Gasteiger partial charge on any atom is -0.365 e. The molecule has 2 aromatic rings. The lowest BCUT2D eigenvalue weighted by Gasteiger charge is -2.26. The first-order valence-electron chi connectivity index (χ1n) is 8.56.